The van der Waals surface area contributed by atoms with Gasteiger partial charge in [0.05, 0.1) is 27.3 Å². The van der Waals surface area contributed by atoms with Crippen molar-refractivity contribution in [1.29, 1.82) is 0 Å². The van der Waals surface area contributed by atoms with Gasteiger partial charge in [-0.3, -0.25) is 9.78 Å². The maximum atomic E-state index is 15.4. The van der Waals surface area contributed by atoms with Crippen LogP contribution in [0.2, 0.25) is 10.0 Å². The van der Waals surface area contributed by atoms with Gasteiger partial charge in [-0.1, -0.05) is 47.5 Å². The van der Waals surface area contributed by atoms with Gasteiger partial charge in [-0.2, -0.15) is 0 Å². The number of rotatable bonds is 9. The summed E-state index contributed by atoms with van der Waals surface area (Å²) in [5.41, 5.74) is 4.64. The van der Waals surface area contributed by atoms with Gasteiger partial charge in [0.15, 0.2) is 0 Å². The van der Waals surface area contributed by atoms with Gasteiger partial charge in [-0.15, -0.1) is 0 Å². The smallest absolute Gasteiger partial charge is 0.254 e. The number of carbonyl (C=O) groups excluding carboxylic acids is 1. The summed E-state index contributed by atoms with van der Waals surface area (Å²) in [4.78, 5) is 25.0. The van der Waals surface area contributed by atoms with Crippen molar-refractivity contribution in [1.82, 2.24) is 15.3 Å². The van der Waals surface area contributed by atoms with Crippen LogP contribution in [-0.2, 0) is 6.42 Å². The van der Waals surface area contributed by atoms with Crippen LogP contribution in [0.1, 0.15) is 15.9 Å². The van der Waals surface area contributed by atoms with E-state index in [4.69, 9.17) is 23.2 Å². The molecule has 5 aromatic rings. The molecule has 10 heteroatoms. The zero-order valence-corrected chi connectivity index (χ0v) is 24.9. The van der Waals surface area contributed by atoms with E-state index in [2.05, 4.69) is 36.5 Å². The summed E-state index contributed by atoms with van der Waals surface area (Å²) in [6.07, 6.45) is 5.94. The van der Waals surface area contributed by atoms with E-state index in [-0.39, 0.29) is 11.6 Å². The Labute approximate surface area is 259 Å². The van der Waals surface area contributed by atoms with Crippen LogP contribution in [0, 0.1) is 5.82 Å². The molecular formula is C33H31Cl2FN6O. The first-order valence-corrected chi connectivity index (χ1v) is 14.9. The van der Waals surface area contributed by atoms with E-state index in [1.54, 1.807) is 24.5 Å². The normalized spacial score (nSPS) is 14.1. The van der Waals surface area contributed by atoms with Crippen LogP contribution in [0.15, 0.2) is 91.4 Å². The topological polar surface area (TPSA) is 76.3 Å². The summed E-state index contributed by atoms with van der Waals surface area (Å²) in [5, 5.41) is 8.59. The Morgan fingerprint density at radius 1 is 0.953 bits per heavy atom. The number of benzene rings is 3. The Balaban J connectivity index is 1.14. The van der Waals surface area contributed by atoms with Crippen LogP contribution in [0.25, 0.3) is 10.9 Å². The lowest BCUT2D eigenvalue weighted by molar-refractivity contribution is 0.0935. The van der Waals surface area contributed by atoms with E-state index in [0.717, 1.165) is 33.5 Å². The molecular weight excluding hydrogens is 586 g/mol. The van der Waals surface area contributed by atoms with Gasteiger partial charge in [0, 0.05) is 73.6 Å². The molecule has 43 heavy (non-hydrogen) atoms. The second kappa shape index (κ2) is 12.9. The first kappa shape index (κ1) is 28.8. The molecule has 1 fully saturated rings. The fourth-order valence-corrected chi connectivity index (χ4v) is 5.96. The lowest BCUT2D eigenvalue weighted by Crippen LogP contribution is -2.46. The quantitative estimate of drug-likeness (QED) is 0.170. The van der Waals surface area contributed by atoms with Gasteiger partial charge in [0.1, 0.15) is 5.82 Å². The molecule has 1 aliphatic rings. The molecule has 3 heterocycles. The highest BCUT2D eigenvalue weighted by atomic mass is 35.5. The van der Waals surface area contributed by atoms with Gasteiger partial charge in [-0.05, 0) is 60.5 Å². The van der Waals surface area contributed by atoms with Crippen LogP contribution in [0.5, 0.6) is 0 Å². The molecule has 0 spiro atoms. The zero-order chi connectivity index (χ0) is 29.8. The number of aromatic amines is 1. The summed E-state index contributed by atoms with van der Waals surface area (Å²) in [6, 6.07) is 21.9. The van der Waals surface area contributed by atoms with E-state index in [1.165, 1.54) is 6.07 Å². The number of amides is 1. The van der Waals surface area contributed by atoms with Crippen molar-refractivity contribution < 1.29 is 9.18 Å². The monoisotopic (exact) mass is 616 g/mol. The molecule has 0 aliphatic carbocycles. The zero-order valence-electron chi connectivity index (χ0n) is 23.4. The summed E-state index contributed by atoms with van der Waals surface area (Å²) in [6.45, 7) is 3.24. The third-order valence-electron chi connectivity index (χ3n) is 7.82. The van der Waals surface area contributed by atoms with Crippen molar-refractivity contribution in [3.05, 3.63) is 118 Å². The SMILES string of the molecule is O=C(NC(CNc1ccncc1)Cc1c[nH]c2ccccc12)c1ccc(N2CCN(c3cccc(Cl)c3Cl)CC2)cc1F. The van der Waals surface area contributed by atoms with Crippen molar-refractivity contribution >= 4 is 57.1 Å². The van der Waals surface area contributed by atoms with Crippen molar-refractivity contribution in [3.63, 3.8) is 0 Å². The van der Waals surface area contributed by atoms with E-state index in [1.807, 2.05) is 54.7 Å². The van der Waals surface area contributed by atoms with Crippen molar-refractivity contribution in [2.24, 2.45) is 0 Å². The predicted octanol–water partition coefficient (Wildman–Crippen LogP) is 6.79. The van der Waals surface area contributed by atoms with Crippen molar-refractivity contribution in [2.45, 2.75) is 12.5 Å². The number of H-pyrrole nitrogens is 1. The van der Waals surface area contributed by atoms with Crippen LogP contribution in [0.3, 0.4) is 0 Å². The van der Waals surface area contributed by atoms with Gasteiger partial charge in [0.2, 0.25) is 0 Å². The second-order valence-electron chi connectivity index (χ2n) is 10.6. The predicted molar refractivity (Wildman–Crippen MR) is 173 cm³/mol. The summed E-state index contributed by atoms with van der Waals surface area (Å²) in [5.74, 6) is -1.01. The molecule has 220 valence electrons. The molecule has 1 atom stereocenters. The lowest BCUT2D eigenvalue weighted by Gasteiger charge is -2.37. The number of anilines is 3. The minimum atomic E-state index is -0.553. The number of carbonyl (C=O) groups is 1. The third kappa shape index (κ3) is 6.55. The molecule has 1 unspecified atom stereocenters. The number of piperazine rings is 1. The molecule has 2 aromatic heterocycles. The fourth-order valence-electron chi connectivity index (χ4n) is 5.54. The Hall–Kier alpha value is -4.27. The van der Waals surface area contributed by atoms with E-state index < -0.39 is 11.7 Å². The first-order valence-electron chi connectivity index (χ1n) is 14.2. The Morgan fingerprint density at radius 2 is 1.72 bits per heavy atom. The maximum Gasteiger partial charge on any atom is 0.254 e. The number of pyridine rings is 1. The summed E-state index contributed by atoms with van der Waals surface area (Å²) >= 11 is 12.6. The molecule has 0 saturated carbocycles. The van der Waals surface area contributed by atoms with E-state index in [0.29, 0.717) is 49.2 Å². The highest BCUT2D eigenvalue weighted by Crippen LogP contribution is 2.33. The minimum Gasteiger partial charge on any atom is -0.383 e. The average molecular weight is 618 g/mol. The second-order valence-corrected chi connectivity index (χ2v) is 11.3. The summed E-state index contributed by atoms with van der Waals surface area (Å²) in [7, 11) is 0. The average Bonchev–Trinajstić information content (AvgIpc) is 3.44. The highest BCUT2D eigenvalue weighted by molar-refractivity contribution is 6.43. The van der Waals surface area contributed by atoms with Crippen molar-refractivity contribution in [3.8, 4) is 0 Å². The van der Waals surface area contributed by atoms with Gasteiger partial charge >= 0.3 is 0 Å². The Bertz CT molecular complexity index is 1720. The number of fused-ring (bicyclic) bond motifs is 1. The number of halogens is 3. The lowest BCUT2D eigenvalue weighted by atomic mass is 10.0. The molecule has 1 saturated heterocycles. The molecule has 0 radical (unpaired) electrons. The van der Waals surface area contributed by atoms with Crippen LogP contribution < -0.4 is 20.4 Å². The number of nitrogens with one attached hydrogen (secondary N) is 3. The van der Waals surface area contributed by atoms with Crippen LogP contribution in [0.4, 0.5) is 21.5 Å². The standard InChI is InChI=1S/C33H31Cl2FN6O/c34-28-5-3-7-31(32(28)35)42-16-14-41(15-17-42)25-8-9-27(29(36)19-25)33(43)40-24(21-38-23-10-12-37-13-11-23)18-22-20-39-30-6-2-1-4-26(22)30/h1-13,19-20,24,39H,14-18,21H2,(H,37,38)(H,40,43). The number of para-hydroxylation sites is 1. The van der Waals surface area contributed by atoms with Crippen LogP contribution in [-0.4, -0.2) is 54.6 Å². The minimum absolute atomic E-state index is 0.0148. The molecule has 6 rings (SSSR count). The van der Waals surface area contributed by atoms with E-state index in [9.17, 15) is 4.79 Å². The first-order chi connectivity index (χ1) is 21.0. The summed E-state index contributed by atoms with van der Waals surface area (Å²) < 4.78 is 15.4. The number of aromatic nitrogens is 2. The van der Waals surface area contributed by atoms with E-state index >= 15 is 4.39 Å². The number of nitrogens with zero attached hydrogens (tertiary/aromatic N) is 3. The molecule has 7 nitrogen and oxygen atoms in total. The Morgan fingerprint density at radius 3 is 2.51 bits per heavy atom. The maximum absolute atomic E-state index is 15.4. The van der Waals surface area contributed by atoms with Gasteiger partial charge in [0.25, 0.3) is 5.91 Å². The number of hydrogen-bond acceptors (Lipinski definition) is 5. The molecule has 0 bridgehead atoms. The Kier molecular flexibility index (Phi) is 8.67. The van der Waals surface area contributed by atoms with Gasteiger partial charge in [-0.25, -0.2) is 4.39 Å². The van der Waals surface area contributed by atoms with Crippen molar-refractivity contribution in [2.75, 3.05) is 47.8 Å². The van der Waals surface area contributed by atoms with Gasteiger partial charge < -0.3 is 25.4 Å². The molecule has 3 N–H and O–H groups in total. The number of hydrogen-bond donors (Lipinski definition) is 3. The third-order valence-corrected chi connectivity index (χ3v) is 8.63. The highest BCUT2D eigenvalue weighted by Gasteiger charge is 2.23. The fraction of sp³-hybridized carbons (Fsp3) is 0.212. The molecule has 1 aliphatic heterocycles. The molecule has 3 aromatic carbocycles. The largest absolute Gasteiger partial charge is 0.383 e. The van der Waals surface area contributed by atoms with Crippen LogP contribution >= 0.6 is 23.2 Å². The molecule has 1 amide bonds.